The van der Waals surface area contributed by atoms with E-state index in [0.717, 1.165) is 37.8 Å². The molecule has 0 bridgehead atoms. The SMILES string of the molecule is CN=C(NCC1CCN(c2ccccc2OC)C1)NCC(C)(C)OC. The normalized spacial score (nSPS) is 18.4. The van der Waals surface area contributed by atoms with E-state index in [4.69, 9.17) is 9.47 Å². The van der Waals surface area contributed by atoms with E-state index in [1.165, 1.54) is 5.69 Å². The molecule has 1 saturated heterocycles. The van der Waals surface area contributed by atoms with Gasteiger partial charge in [0.25, 0.3) is 0 Å². The fourth-order valence-electron chi connectivity index (χ4n) is 2.94. The van der Waals surface area contributed by atoms with Gasteiger partial charge in [-0.15, -0.1) is 0 Å². The Kier molecular flexibility index (Phi) is 6.93. The van der Waals surface area contributed by atoms with Crippen molar-refractivity contribution in [1.82, 2.24) is 10.6 Å². The number of nitrogens with one attached hydrogen (secondary N) is 2. The first-order chi connectivity index (χ1) is 12.0. The van der Waals surface area contributed by atoms with Crippen molar-refractivity contribution >= 4 is 11.6 Å². The number of benzene rings is 1. The van der Waals surface area contributed by atoms with E-state index in [0.29, 0.717) is 12.5 Å². The average Bonchev–Trinajstić information content (AvgIpc) is 3.10. The summed E-state index contributed by atoms with van der Waals surface area (Å²) in [6, 6.07) is 8.22. The molecule has 1 aliphatic rings. The highest BCUT2D eigenvalue weighted by molar-refractivity contribution is 5.79. The molecule has 0 saturated carbocycles. The number of guanidine groups is 1. The Morgan fingerprint density at radius 1 is 1.28 bits per heavy atom. The lowest BCUT2D eigenvalue weighted by molar-refractivity contribution is 0.0268. The van der Waals surface area contributed by atoms with Crippen molar-refractivity contribution in [3.05, 3.63) is 24.3 Å². The number of hydrogen-bond donors (Lipinski definition) is 2. The molecule has 0 aromatic heterocycles. The first-order valence-electron chi connectivity index (χ1n) is 8.86. The summed E-state index contributed by atoms with van der Waals surface area (Å²) >= 11 is 0. The molecular weight excluding hydrogens is 316 g/mol. The van der Waals surface area contributed by atoms with Gasteiger partial charge in [-0.05, 0) is 38.3 Å². The Bertz CT molecular complexity index is 574. The maximum atomic E-state index is 5.48. The highest BCUT2D eigenvalue weighted by Gasteiger charge is 2.25. The molecule has 1 unspecified atom stereocenters. The molecule has 25 heavy (non-hydrogen) atoms. The van der Waals surface area contributed by atoms with Gasteiger partial charge in [0.05, 0.1) is 18.4 Å². The zero-order valence-electron chi connectivity index (χ0n) is 16.1. The van der Waals surface area contributed by atoms with Crippen molar-refractivity contribution < 1.29 is 9.47 Å². The predicted molar refractivity (Wildman–Crippen MR) is 104 cm³/mol. The molecule has 1 heterocycles. The van der Waals surface area contributed by atoms with Crippen molar-refractivity contribution in [1.29, 1.82) is 0 Å². The lowest BCUT2D eigenvalue weighted by Crippen LogP contribution is -2.46. The first-order valence-corrected chi connectivity index (χ1v) is 8.86. The van der Waals surface area contributed by atoms with Gasteiger partial charge >= 0.3 is 0 Å². The fourth-order valence-corrected chi connectivity index (χ4v) is 2.94. The monoisotopic (exact) mass is 348 g/mol. The number of aliphatic imine (C=N–C) groups is 1. The number of ether oxygens (including phenoxy) is 2. The van der Waals surface area contributed by atoms with Crippen LogP contribution in [-0.4, -0.2) is 59.0 Å². The van der Waals surface area contributed by atoms with Gasteiger partial charge in [-0.25, -0.2) is 0 Å². The molecule has 2 N–H and O–H groups in total. The minimum Gasteiger partial charge on any atom is -0.495 e. The highest BCUT2D eigenvalue weighted by Crippen LogP contribution is 2.31. The lowest BCUT2D eigenvalue weighted by atomic mass is 10.1. The number of para-hydroxylation sites is 2. The summed E-state index contributed by atoms with van der Waals surface area (Å²) in [5.74, 6) is 2.34. The largest absolute Gasteiger partial charge is 0.495 e. The molecule has 0 radical (unpaired) electrons. The van der Waals surface area contributed by atoms with Gasteiger partial charge in [-0.2, -0.15) is 0 Å². The van der Waals surface area contributed by atoms with Crippen LogP contribution in [0.2, 0.25) is 0 Å². The average molecular weight is 348 g/mol. The van der Waals surface area contributed by atoms with Crippen LogP contribution in [0.3, 0.4) is 0 Å². The van der Waals surface area contributed by atoms with Crippen molar-refractivity contribution in [3.63, 3.8) is 0 Å². The molecule has 1 aromatic carbocycles. The molecule has 0 spiro atoms. The lowest BCUT2D eigenvalue weighted by Gasteiger charge is -2.25. The van der Waals surface area contributed by atoms with Crippen LogP contribution in [0.5, 0.6) is 5.75 Å². The van der Waals surface area contributed by atoms with Crippen LogP contribution in [0.1, 0.15) is 20.3 Å². The minimum absolute atomic E-state index is 0.217. The molecular formula is C19H32N4O2. The van der Waals surface area contributed by atoms with E-state index in [-0.39, 0.29) is 5.60 Å². The Labute approximate surface area is 151 Å². The second kappa shape index (κ2) is 8.94. The van der Waals surface area contributed by atoms with E-state index < -0.39 is 0 Å². The Morgan fingerprint density at radius 2 is 2.04 bits per heavy atom. The zero-order chi connectivity index (χ0) is 18.3. The van der Waals surface area contributed by atoms with E-state index in [1.54, 1.807) is 21.3 Å². The molecule has 0 amide bonds. The van der Waals surface area contributed by atoms with Crippen molar-refractivity contribution in [2.75, 3.05) is 52.3 Å². The van der Waals surface area contributed by atoms with E-state index in [9.17, 15) is 0 Å². The Morgan fingerprint density at radius 3 is 2.72 bits per heavy atom. The summed E-state index contributed by atoms with van der Waals surface area (Å²) in [5, 5.41) is 6.76. The molecule has 1 atom stereocenters. The number of methoxy groups -OCH3 is 2. The van der Waals surface area contributed by atoms with E-state index in [2.05, 4.69) is 46.5 Å². The third-order valence-corrected chi connectivity index (χ3v) is 4.73. The van der Waals surface area contributed by atoms with Gasteiger partial charge in [0.2, 0.25) is 0 Å². The van der Waals surface area contributed by atoms with Gasteiger partial charge in [0.1, 0.15) is 5.75 Å². The highest BCUT2D eigenvalue weighted by atomic mass is 16.5. The predicted octanol–water partition coefficient (Wildman–Crippen LogP) is 2.11. The van der Waals surface area contributed by atoms with Crippen LogP contribution in [0.4, 0.5) is 5.69 Å². The van der Waals surface area contributed by atoms with E-state index in [1.807, 2.05) is 12.1 Å². The standard InChI is InChI=1S/C19H32N4O2/c1-19(2,25-5)14-22-18(20-3)21-12-15-10-11-23(13-15)16-8-6-7-9-17(16)24-4/h6-9,15H,10-14H2,1-5H3,(H2,20,21,22). The smallest absolute Gasteiger partial charge is 0.191 e. The second-order valence-electron chi connectivity index (χ2n) is 7.04. The molecule has 1 aliphatic heterocycles. The van der Waals surface area contributed by atoms with Crippen molar-refractivity contribution in [3.8, 4) is 5.75 Å². The van der Waals surface area contributed by atoms with Crippen molar-refractivity contribution in [2.24, 2.45) is 10.9 Å². The van der Waals surface area contributed by atoms with E-state index >= 15 is 0 Å². The number of hydrogen-bond acceptors (Lipinski definition) is 4. The molecule has 6 nitrogen and oxygen atoms in total. The topological polar surface area (TPSA) is 58.1 Å². The summed E-state index contributed by atoms with van der Waals surface area (Å²) in [5.41, 5.74) is 0.961. The number of nitrogens with zero attached hydrogens (tertiary/aromatic N) is 2. The first kappa shape index (κ1) is 19.4. The molecule has 1 aromatic rings. The Hall–Kier alpha value is -1.95. The van der Waals surface area contributed by atoms with Crippen LogP contribution in [0.25, 0.3) is 0 Å². The zero-order valence-corrected chi connectivity index (χ0v) is 16.1. The van der Waals surface area contributed by atoms with Gasteiger partial charge in [-0.3, -0.25) is 4.99 Å². The summed E-state index contributed by atoms with van der Waals surface area (Å²) in [6.07, 6.45) is 1.16. The number of rotatable bonds is 7. The minimum atomic E-state index is -0.217. The molecule has 1 fully saturated rings. The van der Waals surface area contributed by atoms with Gasteiger partial charge in [0.15, 0.2) is 5.96 Å². The molecule has 2 rings (SSSR count). The van der Waals surface area contributed by atoms with Crippen LogP contribution in [0.15, 0.2) is 29.3 Å². The van der Waals surface area contributed by atoms with Gasteiger partial charge in [0, 0.05) is 40.3 Å². The summed E-state index contributed by atoms with van der Waals surface area (Å²) in [6.45, 7) is 7.79. The summed E-state index contributed by atoms with van der Waals surface area (Å²) < 4.78 is 10.9. The van der Waals surface area contributed by atoms with Crippen LogP contribution in [-0.2, 0) is 4.74 Å². The van der Waals surface area contributed by atoms with Crippen molar-refractivity contribution in [2.45, 2.75) is 25.9 Å². The van der Waals surface area contributed by atoms with Crippen LogP contribution >= 0.6 is 0 Å². The maximum Gasteiger partial charge on any atom is 0.191 e. The van der Waals surface area contributed by atoms with Crippen LogP contribution in [0, 0.1) is 5.92 Å². The Balaban J connectivity index is 1.82. The fraction of sp³-hybridized carbons (Fsp3) is 0.632. The third kappa shape index (κ3) is 5.53. The third-order valence-electron chi connectivity index (χ3n) is 4.73. The molecule has 6 heteroatoms. The van der Waals surface area contributed by atoms with Gasteiger partial charge in [-0.1, -0.05) is 12.1 Å². The molecule has 140 valence electrons. The summed E-state index contributed by atoms with van der Waals surface area (Å²) in [7, 11) is 5.25. The quantitative estimate of drug-likeness (QED) is 0.584. The molecule has 0 aliphatic carbocycles. The maximum absolute atomic E-state index is 5.48. The number of anilines is 1. The van der Waals surface area contributed by atoms with Crippen LogP contribution < -0.4 is 20.3 Å². The summed E-state index contributed by atoms with van der Waals surface area (Å²) in [4.78, 5) is 6.69. The van der Waals surface area contributed by atoms with Gasteiger partial charge < -0.3 is 25.0 Å². The second-order valence-corrected chi connectivity index (χ2v) is 7.04.